The van der Waals surface area contributed by atoms with Gasteiger partial charge in [0, 0.05) is 39.1 Å². The minimum absolute atomic E-state index is 0.188. The number of sulfonamides is 1. The first-order valence-electron chi connectivity index (χ1n) is 11.2. The molecule has 8 heteroatoms. The molecule has 2 aliphatic rings. The number of aryl methyl sites for hydroxylation is 1. The lowest BCUT2D eigenvalue weighted by Crippen LogP contribution is -2.55. The number of hydrogen-bond acceptors (Lipinski definition) is 5. The van der Waals surface area contributed by atoms with Gasteiger partial charge in [-0.1, -0.05) is 30.3 Å². The van der Waals surface area contributed by atoms with Crippen LogP contribution in [0, 0.1) is 5.92 Å². The molecule has 0 amide bonds. The van der Waals surface area contributed by atoms with E-state index in [1.54, 1.807) is 6.20 Å². The second-order valence-corrected chi connectivity index (χ2v) is 10.8. The van der Waals surface area contributed by atoms with E-state index in [0.29, 0.717) is 31.4 Å². The minimum atomic E-state index is -3.29. The minimum Gasteiger partial charge on any atom is -0.374 e. The standard InChI is InChI=1S/C23H34N4O3S/c1-26-15-13-24-23(26)27-14-12-21(25-31(2,28)29)22(16-27)30-17-18-8-10-20(11-9-18)19-6-4-3-5-7-19/h3-7,13,15,18,20-22,25H,8-12,14,16-17H2,1-2H3/t18?,20?,21-,22+/m0/s1. The zero-order valence-electron chi connectivity index (χ0n) is 18.5. The van der Waals surface area contributed by atoms with E-state index in [4.69, 9.17) is 4.74 Å². The van der Waals surface area contributed by atoms with Crippen molar-refractivity contribution in [2.75, 3.05) is 30.9 Å². The van der Waals surface area contributed by atoms with Crippen molar-refractivity contribution in [1.82, 2.24) is 14.3 Å². The molecule has 31 heavy (non-hydrogen) atoms. The molecule has 0 spiro atoms. The summed E-state index contributed by atoms with van der Waals surface area (Å²) in [5.74, 6) is 2.07. The Labute approximate surface area is 185 Å². The van der Waals surface area contributed by atoms with Gasteiger partial charge in [-0.2, -0.15) is 0 Å². The lowest BCUT2D eigenvalue weighted by atomic mass is 9.79. The Balaban J connectivity index is 1.35. The summed E-state index contributed by atoms with van der Waals surface area (Å²) in [6.07, 6.45) is 10.1. The van der Waals surface area contributed by atoms with E-state index in [1.165, 1.54) is 24.7 Å². The molecular weight excluding hydrogens is 412 g/mol. The maximum Gasteiger partial charge on any atom is 0.209 e. The molecular formula is C23H34N4O3S. The lowest BCUT2D eigenvalue weighted by Gasteiger charge is -2.39. The van der Waals surface area contributed by atoms with Crippen LogP contribution in [-0.2, 0) is 21.8 Å². The predicted molar refractivity (Wildman–Crippen MR) is 123 cm³/mol. The van der Waals surface area contributed by atoms with E-state index < -0.39 is 10.0 Å². The average molecular weight is 447 g/mol. The second-order valence-electron chi connectivity index (χ2n) is 9.07. The lowest BCUT2D eigenvalue weighted by molar-refractivity contribution is -0.00146. The monoisotopic (exact) mass is 446 g/mol. The van der Waals surface area contributed by atoms with Crippen LogP contribution in [0.1, 0.15) is 43.6 Å². The molecule has 2 aromatic rings. The van der Waals surface area contributed by atoms with E-state index in [-0.39, 0.29) is 12.1 Å². The predicted octanol–water partition coefficient (Wildman–Crippen LogP) is 2.91. The molecule has 1 aromatic carbocycles. The molecule has 0 unspecified atom stereocenters. The molecule has 1 saturated carbocycles. The molecule has 4 rings (SSSR count). The highest BCUT2D eigenvalue weighted by molar-refractivity contribution is 7.88. The Bertz CT molecular complexity index is 939. The normalized spacial score (nSPS) is 27.4. The van der Waals surface area contributed by atoms with E-state index in [9.17, 15) is 8.42 Å². The largest absolute Gasteiger partial charge is 0.374 e. The molecule has 2 atom stereocenters. The summed E-state index contributed by atoms with van der Waals surface area (Å²) in [7, 11) is -1.31. The van der Waals surface area contributed by atoms with Crippen LogP contribution in [0.3, 0.4) is 0 Å². The maximum absolute atomic E-state index is 11.9. The molecule has 7 nitrogen and oxygen atoms in total. The number of nitrogens with zero attached hydrogens (tertiary/aromatic N) is 3. The van der Waals surface area contributed by atoms with E-state index >= 15 is 0 Å². The number of imidazole rings is 1. The van der Waals surface area contributed by atoms with Crippen molar-refractivity contribution in [3.05, 3.63) is 48.3 Å². The van der Waals surface area contributed by atoms with Gasteiger partial charge in [-0.25, -0.2) is 18.1 Å². The smallest absolute Gasteiger partial charge is 0.209 e. The van der Waals surface area contributed by atoms with Gasteiger partial charge in [0.05, 0.1) is 18.4 Å². The third-order valence-electron chi connectivity index (χ3n) is 6.67. The fourth-order valence-corrected chi connectivity index (χ4v) is 5.81. The number of piperidine rings is 1. The Kier molecular flexibility index (Phi) is 6.99. The van der Waals surface area contributed by atoms with Gasteiger partial charge in [0.1, 0.15) is 0 Å². The van der Waals surface area contributed by atoms with Gasteiger partial charge in [-0.15, -0.1) is 0 Å². The van der Waals surface area contributed by atoms with Crippen LogP contribution in [0.2, 0.25) is 0 Å². The molecule has 1 saturated heterocycles. The van der Waals surface area contributed by atoms with Gasteiger partial charge >= 0.3 is 0 Å². The summed E-state index contributed by atoms with van der Waals surface area (Å²) in [5.41, 5.74) is 1.44. The fraction of sp³-hybridized carbons (Fsp3) is 0.609. The Morgan fingerprint density at radius 1 is 1.13 bits per heavy atom. The highest BCUT2D eigenvalue weighted by Gasteiger charge is 2.34. The summed E-state index contributed by atoms with van der Waals surface area (Å²) in [4.78, 5) is 6.65. The van der Waals surface area contributed by atoms with Crippen LogP contribution < -0.4 is 9.62 Å². The van der Waals surface area contributed by atoms with Crippen molar-refractivity contribution >= 4 is 16.0 Å². The van der Waals surface area contributed by atoms with Crippen molar-refractivity contribution < 1.29 is 13.2 Å². The Hall–Kier alpha value is -1.90. The first-order chi connectivity index (χ1) is 14.9. The van der Waals surface area contributed by atoms with Crippen LogP contribution >= 0.6 is 0 Å². The van der Waals surface area contributed by atoms with Crippen LogP contribution in [0.25, 0.3) is 0 Å². The number of anilines is 1. The molecule has 2 fully saturated rings. The van der Waals surface area contributed by atoms with Crippen LogP contribution in [0.15, 0.2) is 42.7 Å². The summed E-state index contributed by atoms with van der Waals surface area (Å²) in [5, 5.41) is 0. The van der Waals surface area contributed by atoms with E-state index in [2.05, 4.69) is 44.9 Å². The number of ether oxygens (including phenoxy) is 1. The summed E-state index contributed by atoms with van der Waals surface area (Å²) < 4.78 is 35.0. The van der Waals surface area contributed by atoms with Gasteiger partial charge in [0.2, 0.25) is 16.0 Å². The van der Waals surface area contributed by atoms with Crippen LogP contribution in [0.5, 0.6) is 0 Å². The summed E-state index contributed by atoms with van der Waals surface area (Å²) in [6, 6.07) is 10.6. The van der Waals surface area contributed by atoms with Crippen molar-refractivity contribution in [1.29, 1.82) is 0 Å². The number of benzene rings is 1. The zero-order valence-corrected chi connectivity index (χ0v) is 19.3. The van der Waals surface area contributed by atoms with Crippen molar-refractivity contribution in [3.63, 3.8) is 0 Å². The molecule has 170 valence electrons. The van der Waals surface area contributed by atoms with Gasteiger partial charge in [0.15, 0.2) is 0 Å². The van der Waals surface area contributed by atoms with Gasteiger partial charge in [-0.05, 0) is 49.5 Å². The van der Waals surface area contributed by atoms with Crippen molar-refractivity contribution in [2.45, 2.75) is 50.2 Å². The Morgan fingerprint density at radius 3 is 2.52 bits per heavy atom. The molecule has 0 radical (unpaired) electrons. The summed E-state index contributed by atoms with van der Waals surface area (Å²) >= 11 is 0. The average Bonchev–Trinajstić information content (AvgIpc) is 3.19. The number of rotatable bonds is 7. The highest BCUT2D eigenvalue weighted by Crippen LogP contribution is 2.36. The molecule has 1 aliphatic carbocycles. The van der Waals surface area contributed by atoms with Crippen molar-refractivity contribution in [3.8, 4) is 0 Å². The molecule has 1 aliphatic heterocycles. The number of aromatic nitrogens is 2. The highest BCUT2D eigenvalue weighted by atomic mass is 32.2. The van der Waals surface area contributed by atoms with E-state index in [0.717, 1.165) is 25.3 Å². The van der Waals surface area contributed by atoms with E-state index in [1.807, 2.05) is 17.8 Å². The van der Waals surface area contributed by atoms with Crippen molar-refractivity contribution in [2.24, 2.45) is 13.0 Å². The molecule has 2 heterocycles. The first-order valence-corrected chi connectivity index (χ1v) is 13.1. The van der Waals surface area contributed by atoms with Crippen LogP contribution in [-0.4, -0.2) is 56.1 Å². The zero-order chi connectivity index (χ0) is 21.8. The SMILES string of the molecule is Cn1ccnc1N1CC[C@H](NS(C)(=O)=O)[C@H](OCC2CCC(c3ccccc3)CC2)C1. The first kappa shape index (κ1) is 22.3. The Morgan fingerprint density at radius 2 is 1.87 bits per heavy atom. The second kappa shape index (κ2) is 9.71. The van der Waals surface area contributed by atoms with Crippen LogP contribution in [0.4, 0.5) is 5.95 Å². The topological polar surface area (TPSA) is 76.5 Å². The van der Waals surface area contributed by atoms with Gasteiger partial charge in [0.25, 0.3) is 0 Å². The quantitative estimate of drug-likeness (QED) is 0.708. The third-order valence-corrected chi connectivity index (χ3v) is 7.40. The van der Waals surface area contributed by atoms with Gasteiger partial charge < -0.3 is 14.2 Å². The third kappa shape index (κ3) is 5.87. The fourth-order valence-electron chi connectivity index (χ4n) is 4.99. The number of hydrogen-bond donors (Lipinski definition) is 1. The molecule has 1 aromatic heterocycles. The maximum atomic E-state index is 11.9. The van der Waals surface area contributed by atoms with Gasteiger partial charge in [-0.3, -0.25) is 0 Å². The molecule has 1 N–H and O–H groups in total. The number of nitrogens with one attached hydrogen (secondary N) is 1. The molecule has 0 bridgehead atoms. The summed E-state index contributed by atoms with van der Waals surface area (Å²) in [6.45, 7) is 2.07.